The smallest absolute Gasteiger partial charge is 0.407 e. The Morgan fingerprint density at radius 1 is 1.30 bits per heavy atom. The molecular weight excluding hydrogens is 386 g/mol. The standard InChI is InChI=1S/C21H29N5O4/c1-6-22-21(28)30-11-17(15-7-8-15)26-10-13(3)23-18(20(26)27)25-16-9-12(2)19(29-5)24-14(16)4/h9-10,15,17H,6-8,11H2,1-5H3,(H,22,28)(H,23,25). The molecule has 0 aliphatic heterocycles. The number of nitrogens with one attached hydrogen (secondary N) is 2. The van der Waals surface area contributed by atoms with Gasteiger partial charge >= 0.3 is 6.09 Å². The average Bonchev–Trinajstić information content (AvgIpc) is 3.53. The number of pyridine rings is 1. The number of rotatable bonds is 8. The van der Waals surface area contributed by atoms with Gasteiger partial charge in [0.1, 0.15) is 6.61 Å². The molecule has 1 amide bonds. The predicted octanol–water partition coefficient (Wildman–Crippen LogP) is 3.01. The lowest BCUT2D eigenvalue weighted by atomic mass is 10.2. The van der Waals surface area contributed by atoms with Gasteiger partial charge in [0.05, 0.1) is 30.2 Å². The van der Waals surface area contributed by atoms with Gasteiger partial charge in [-0.2, -0.15) is 0 Å². The summed E-state index contributed by atoms with van der Waals surface area (Å²) >= 11 is 0. The Morgan fingerprint density at radius 2 is 2.03 bits per heavy atom. The van der Waals surface area contributed by atoms with E-state index in [2.05, 4.69) is 20.6 Å². The normalized spacial score (nSPS) is 14.2. The van der Waals surface area contributed by atoms with E-state index in [4.69, 9.17) is 9.47 Å². The van der Waals surface area contributed by atoms with Crippen LogP contribution in [-0.2, 0) is 4.74 Å². The third-order valence-corrected chi connectivity index (χ3v) is 5.08. The maximum atomic E-state index is 13.2. The molecule has 0 spiro atoms. The predicted molar refractivity (Wildman–Crippen MR) is 114 cm³/mol. The fourth-order valence-electron chi connectivity index (χ4n) is 3.39. The van der Waals surface area contributed by atoms with Crippen LogP contribution in [0.4, 0.5) is 16.3 Å². The topological polar surface area (TPSA) is 107 Å². The number of aryl methyl sites for hydroxylation is 3. The first-order chi connectivity index (χ1) is 14.3. The van der Waals surface area contributed by atoms with E-state index in [1.54, 1.807) is 17.9 Å². The second-order valence-corrected chi connectivity index (χ2v) is 7.55. The van der Waals surface area contributed by atoms with Crippen molar-refractivity contribution in [2.75, 3.05) is 25.6 Å². The number of aromatic nitrogens is 3. The number of nitrogens with zero attached hydrogens (tertiary/aromatic N) is 3. The van der Waals surface area contributed by atoms with Gasteiger partial charge in [0, 0.05) is 18.3 Å². The summed E-state index contributed by atoms with van der Waals surface area (Å²) < 4.78 is 12.2. The first-order valence-electron chi connectivity index (χ1n) is 10.1. The highest BCUT2D eigenvalue weighted by Crippen LogP contribution is 2.39. The number of ether oxygens (including phenoxy) is 2. The van der Waals surface area contributed by atoms with Crippen LogP contribution in [-0.4, -0.2) is 40.9 Å². The third-order valence-electron chi connectivity index (χ3n) is 5.08. The van der Waals surface area contributed by atoms with E-state index < -0.39 is 6.09 Å². The summed E-state index contributed by atoms with van der Waals surface area (Å²) in [6.45, 7) is 8.02. The molecule has 2 heterocycles. The lowest BCUT2D eigenvalue weighted by Gasteiger charge is -2.21. The van der Waals surface area contributed by atoms with Crippen molar-refractivity contribution in [1.29, 1.82) is 0 Å². The van der Waals surface area contributed by atoms with Gasteiger partial charge in [0.2, 0.25) is 5.88 Å². The second kappa shape index (κ2) is 9.15. The Hall–Kier alpha value is -3.10. The number of carbonyl (C=O) groups is 1. The number of alkyl carbamates (subject to hydrolysis) is 1. The van der Waals surface area contributed by atoms with Gasteiger partial charge in [-0.05, 0) is 52.5 Å². The van der Waals surface area contributed by atoms with Gasteiger partial charge in [-0.3, -0.25) is 4.79 Å². The molecule has 1 aliphatic carbocycles. The fourth-order valence-corrected chi connectivity index (χ4v) is 3.39. The van der Waals surface area contributed by atoms with Crippen molar-refractivity contribution in [2.24, 2.45) is 5.92 Å². The Balaban J connectivity index is 1.90. The molecule has 1 aliphatic rings. The molecule has 3 rings (SSSR count). The Morgan fingerprint density at radius 3 is 2.67 bits per heavy atom. The van der Waals surface area contributed by atoms with Crippen molar-refractivity contribution >= 4 is 17.6 Å². The quantitative estimate of drug-likeness (QED) is 0.682. The molecule has 0 radical (unpaired) electrons. The van der Waals surface area contributed by atoms with E-state index in [1.165, 1.54) is 0 Å². The lowest BCUT2D eigenvalue weighted by Crippen LogP contribution is -2.33. The van der Waals surface area contributed by atoms with Gasteiger partial charge in [0.15, 0.2) is 5.82 Å². The van der Waals surface area contributed by atoms with Crippen molar-refractivity contribution in [2.45, 2.75) is 46.6 Å². The summed E-state index contributed by atoms with van der Waals surface area (Å²) in [6, 6.07) is 1.66. The molecule has 0 saturated heterocycles. The monoisotopic (exact) mass is 415 g/mol. The summed E-state index contributed by atoms with van der Waals surface area (Å²) in [5, 5.41) is 5.74. The number of hydrogen-bond donors (Lipinski definition) is 2. The van der Waals surface area contributed by atoms with Gasteiger partial charge in [-0.15, -0.1) is 0 Å². The first-order valence-corrected chi connectivity index (χ1v) is 10.1. The Bertz CT molecular complexity index is 984. The largest absolute Gasteiger partial charge is 0.481 e. The zero-order valence-corrected chi connectivity index (χ0v) is 18.1. The summed E-state index contributed by atoms with van der Waals surface area (Å²) in [6.07, 6.45) is 3.25. The fraction of sp³-hybridized carbons (Fsp3) is 0.524. The summed E-state index contributed by atoms with van der Waals surface area (Å²) in [7, 11) is 1.57. The molecule has 162 valence electrons. The van der Waals surface area contributed by atoms with Crippen LogP contribution in [0.15, 0.2) is 17.1 Å². The second-order valence-electron chi connectivity index (χ2n) is 7.55. The van der Waals surface area contributed by atoms with Crippen LogP contribution < -0.4 is 20.9 Å². The van der Waals surface area contributed by atoms with E-state index >= 15 is 0 Å². The van der Waals surface area contributed by atoms with Crippen LogP contribution in [0.25, 0.3) is 0 Å². The Labute approximate surface area is 175 Å². The minimum Gasteiger partial charge on any atom is -0.481 e. The number of anilines is 2. The maximum absolute atomic E-state index is 13.2. The van der Waals surface area contributed by atoms with Crippen molar-refractivity contribution in [1.82, 2.24) is 19.9 Å². The van der Waals surface area contributed by atoms with Crippen LogP contribution in [0.2, 0.25) is 0 Å². The summed E-state index contributed by atoms with van der Waals surface area (Å²) in [5.74, 6) is 1.07. The van der Waals surface area contributed by atoms with E-state index in [1.807, 2.05) is 33.8 Å². The van der Waals surface area contributed by atoms with Crippen LogP contribution in [0, 0.1) is 26.7 Å². The number of hydrogen-bond acceptors (Lipinski definition) is 7. The summed E-state index contributed by atoms with van der Waals surface area (Å²) in [4.78, 5) is 33.8. The molecule has 9 nitrogen and oxygen atoms in total. The zero-order chi connectivity index (χ0) is 21.8. The van der Waals surface area contributed by atoms with Gasteiger partial charge < -0.3 is 24.7 Å². The Kier molecular flexibility index (Phi) is 6.59. The van der Waals surface area contributed by atoms with Gasteiger partial charge in [-0.25, -0.2) is 14.8 Å². The zero-order valence-electron chi connectivity index (χ0n) is 18.1. The summed E-state index contributed by atoms with van der Waals surface area (Å²) in [5.41, 5.74) is 2.67. The molecular formula is C21H29N5O4. The maximum Gasteiger partial charge on any atom is 0.407 e. The van der Waals surface area contributed by atoms with Crippen LogP contribution in [0.3, 0.4) is 0 Å². The minimum atomic E-state index is -0.476. The highest BCUT2D eigenvalue weighted by Gasteiger charge is 2.34. The molecule has 9 heteroatoms. The van der Waals surface area contributed by atoms with E-state index in [0.717, 1.165) is 18.4 Å². The molecule has 1 fully saturated rings. The SMILES string of the molecule is CCNC(=O)OCC(C1CC1)n1cc(C)nc(Nc2cc(C)c(OC)nc2C)c1=O. The van der Waals surface area contributed by atoms with Crippen molar-refractivity contribution in [3.05, 3.63) is 39.6 Å². The molecule has 1 saturated carbocycles. The molecule has 2 N–H and O–H groups in total. The molecule has 1 atom stereocenters. The molecule has 0 aromatic carbocycles. The van der Waals surface area contributed by atoms with Crippen LogP contribution >= 0.6 is 0 Å². The van der Waals surface area contributed by atoms with E-state index in [0.29, 0.717) is 35.4 Å². The van der Waals surface area contributed by atoms with E-state index in [-0.39, 0.29) is 24.0 Å². The third kappa shape index (κ3) is 4.90. The van der Waals surface area contributed by atoms with Crippen LogP contribution in [0.5, 0.6) is 5.88 Å². The van der Waals surface area contributed by atoms with Gasteiger partial charge in [-0.1, -0.05) is 0 Å². The molecule has 1 unspecified atom stereocenters. The van der Waals surface area contributed by atoms with Crippen molar-refractivity contribution in [3.8, 4) is 5.88 Å². The number of amides is 1. The molecule has 2 aromatic rings. The number of methoxy groups -OCH3 is 1. The first kappa shape index (κ1) is 21.6. The average molecular weight is 415 g/mol. The number of carbonyl (C=O) groups excluding carboxylic acids is 1. The lowest BCUT2D eigenvalue weighted by molar-refractivity contribution is 0.123. The minimum absolute atomic E-state index is 0.140. The van der Waals surface area contributed by atoms with Crippen LogP contribution in [0.1, 0.15) is 42.8 Å². The van der Waals surface area contributed by atoms with Crippen molar-refractivity contribution in [3.63, 3.8) is 0 Å². The highest BCUT2D eigenvalue weighted by atomic mass is 16.5. The molecule has 2 aromatic heterocycles. The van der Waals surface area contributed by atoms with E-state index in [9.17, 15) is 9.59 Å². The van der Waals surface area contributed by atoms with Gasteiger partial charge in [0.25, 0.3) is 5.56 Å². The highest BCUT2D eigenvalue weighted by molar-refractivity contribution is 5.67. The molecule has 30 heavy (non-hydrogen) atoms. The van der Waals surface area contributed by atoms with Crippen molar-refractivity contribution < 1.29 is 14.3 Å². The molecule has 0 bridgehead atoms.